The quantitative estimate of drug-likeness (QED) is 0.246. The van der Waals surface area contributed by atoms with Crippen LogP contribution in [0.2, 0.25) is 0 Å². The van der Waals surface area contributed by atoms with E-state index in [-0.39, 0.29) is 28.8 Å². The summed E-state index contributed by atoms with van der Waals surface area (Å²) in [6.07, 6.45) is 0. The fourth-order valence-electron chi connectivity index (χ4n) is 3.84. The molecule has 4 N–H and O–H groups in total. The molecule has 1 atom stereocenters. The number of phenols is 1. The number of hydrogen-bond acceptors (Lipinski definition) is 7. The highest BCUT2D eigenvalue weighted by Crippen LogP contribution is 2.37. The summed E-state index contributed by atoms with van der Waals surface area (Å²) in [6, 6.07) is 10.5. The molecule has 0 saturated carbocycles. The van der Waals surface area contributed by atoms with Gasteiger partial charge in [0, 0.05) is 36.0 Å². The van der Waals surface area contributed by atoms with Gasteiger partial charge in [0.1, 0.15) is 22.6 Å². The van der Waals surface area contributed by atoms with Crippen LogP contribution in [0, 0.1) is 0 Å². The van der Waals surface area contributed by atoms with Crippen LogP contribution in [0.5, 0.6) is 11.5 Å². The summed E-state index contributed by atoms with van der Waals surface area (Å²) in [4.78, 5) is 35.2. The zero-order chi connectivity index (χ0) is 24.4. The van der Waals surface area contributed by atoms with Gasteiger partial charge in [0.15, 0.2) is 0 Å². The smallest absolute Gasteiger partial charge is 0.257 e. The number of nitrogens with zero attached hydrogens (tertiary/aromatic N) is 2. The third-order valence-corrected chi connectivity index (χ3v) is 5.77. The lowest BCUT2D eigenvalue weighted by molar-refractivity contribution is 0.0942. The number of carbonyl (C=O) groups is 2. The molecule has 34 heavy (non-hydrogen) atoms. The molecule has 0 fully saturated rings. The van der Waals surface area contributed by atoms with E-state index in [2.05, 4.69) is 16.0 Å². The monoisotopic (exact) mass is 461 g/mol. The molecule has 2 amide bonds. The predicted octanol–water partition coefficient (Wildman–Crippen LogP) is 2.74. The molecule has 0 spiro atoms. The van der Waals surface area contributed by atoms with Gasteiger partial charge in [-0.25, -0.2) is 9.97 Å². The van der Waals surface area contributed by atoms with Crippen LogP contribution in [0.1, 0.15) is 34.6 Å². The molecular weight excluding hydrogens is 434 g/mol. The summed E-state index contributed by atoms with van der Waals surface area (Å²) in [7, 11) is 3.29. The molecule has 4 rings (SSSR count). The maximum Gasteiger partial charge on any atom is 0.257 e. The average Bonchev–Trinajstić information content (AvgIpc) is 2.85. The molecule has 1 aromatic heterocycles. The standard InChI is InChI=1S/C25H27N5O4/c1-5-27-24(32)16-10-17-18(11-19(16)34-4)29-21-14-8-6-7-9-15(14)23(31)20(22(21)30-17)25(33)28-12-13(2)26-3/h6-11,13,26,31H,5,12H2,1-4H3,(H,27,32)(H,28,33). The summed E-state index contributed by atoms with van der Waals surface area (Å²) in [5, 5.41) is 20.9. The first-order chi connectivity index (χ1) is 16.4. The van der Waals surface area contributed by atoms with Crippen LogP contribution in [-0.4, -0.2) is 60.2 Å². The van der Waals surface area contributed by atoms with Crippen LogP contribution in [0.15, 0.2) is 36.4 Å². The predicted molar refractivity (Wildman–Crippen MR) is 132 cm³/mol. The lowest BCUT2D eigenvalue weighted by atomic mass is 10.0. The number of likely N-dealkylation sites (N-methyl/N-ethyl adjacent to an activating group) is 1. The maximum atomic E-state index is 13.2. The highest BCUT2D eigenvalue weighted by Gasteiger charge is 2.23. The molecule has 1 unspecified atom stereocenters. The highest BCUT2D eigenvalue weighted by molar-refractivity contribution is 6.19. The lowest BCUT2D eigenvalue weighted by Gasteiger charge is -2.16. The van der Waals surface area contributed by atoms with E-state index in [9.17, 15) is 14.7 Å². The Balaban J connectivity index is 2.01. The maximum absolute atomic E-state index is 13.2. The Kier molecular flexibility index (Phi) is 6.47. The summed E-state index contributed by atoms with van der Waals surface area (Å²) in [6.45, 7) is 4.58. The van der Waals surface area contributed by atoms with Crippen molar-refractivity contribution in [1.82, 2.24) is 25.9 Å². The molecule has 0 radical (unpaired) electrons. The average molecular weight is 462 g/mol. The number of phenolic OH excluding ortho intramolecular Hbond substituents is 1. The number of aromatic hydroxyl groups is 1. The van der Waals surface area contributed by atoms with Gasteiger partial charge in [-0.05, 0) is 27.0 Å². The van der Waals surface area contributed by atoms with Crippen LogP contribution < -0.4 is 20.7 Å². The van der Waals surface area contributed by atoms with Gasteiger partial charge >= 0.3 is 0 Å². The van der Waals surface area contributed by atoms with Crippen LogP contribution in [0.25, 0.3) is 32.8 Å². The Hall–Kier alpha value is -3.98. The highest BCUT2D eigenvalue weighted by atomic mass is 16.5. The topological polar surface area (TPSA) is 125 Å². The van der Waals surface area contributed by atoms with Crippen molar-refractivity contribution >= 4 is 44.7 Å². The number of aromatic nitrogens is 2. The van der Waals surface area contributed by atoms with Gasteiger partial charge < -0.3 is 25.8 Å². The van der Waals surface area contributed by atoms with E-state index in [1.54, 1.807) is 31.3 Å². The Morgan fingerprint density at radius 3 is 2.38 bits per heavy atom. The fourth-order valence-corrected chi connectivity index (χ4v) is 3.84. The Labute approximate surface area is 196 Å². The molecule has 9 nitrogen and oxygen atoms in total. The number of amides is 2. The van der Waals surface area contributed by atoms with Crippen molar-refractivity contribution in [3.63, 3.8) is 0 Å². The van der Waals surface area contributed by atoms with E-state index in [0.29, 0.717) is 51.7 Å². The number of nitrogens with one attached hydrogen (secondary N) is 3. The number of hydrogen-bond donors (Lipinski definition) is 4. The third kappa shape index (κ3) is 4.06. The van der Waals surface area contributed by atoms with E-state index in [1.165, 1.54) is 7.11 Å². The summed E-state index contributed by atoms with van der Waals surface area (Å²) in [5.74, 6) is -0.553. The molecule has 0 aliphatic carbocycles. The van der Waals surface area contributed by atoms with E-state index in [0.717, 1.165) is 0 Å². The van der Waals surface area contributed by atoms with Gasteiger partial charge in [-0.1, -0.05) is 24.3 Å². The largest absolute Gasteiger partial charge is 0.506 e. The SMILES string of the molecule is CCNC(=O)c1cc2nc3c(C(=O)NCC(C)NC)c(O)c4ccccc4c3nc2cc1OC. The van der Waals surface area contributed by atoms with Crippen LogP contribution in [-0.2, 0) is 0 Å². The fraction of sp³-hybridized carbons (Fsp3) is 0.280. The van der Waals surface area contributed by atoms with E-state index < -0.39 is 5.91 Å². The van der Waals surface area contributed by atoms with Gasteiger partial charge in [-0.3, -0.25) is 9.59 Å². The van der Waals surface area contributed by atoms with Gasteiger partial charge in [-0.2, -0.15) is 0 Å². The minimum absolute atomic E-state index is 0.0387. The second-order valence-corrected chi connectivity index (χ2v) is 7.99. The molecule has 0 saturated heterocycles. The van der Waals surface area contributed by atoms with Gasteiger partial charge in [0.2, 0.25) is 0 Å². The van der Waals surface area contributed by atoms with Crippen molar-refractivity contribution in [2.45, 2.75) is 19.9 Å². The van der Waals surface area contributed by atoms with Crippen LogP contribution in [0.3, 0.4) is 0 Å². The van der Waals surface area contributed by atoms with Gasteiger partial charge in [-0.15, -0.1) is 0 Å². The number of methoxy groups -OCH3 is 1. The second kappa shape index (κ2) is 9.48. The molecule has 4 aromatic rings. The zero-order valence-corrected chi connectivity index (χ0v) is 19.5. The minimum Gasteiger partial charge on any atom is -0.506 e. The molecule has 1 heterocycles. The normalized spacial score (nSPS) is 12.1. The number of benzene rings is 3. The Morgan fingerprint density at radius 2 is 1.71 bits per heavy atom. The van der Waals surface area contributed by atoms with Crippen molar-refractivity contribution in [3.8, 4) is 11.5 Å². The molecule has 9 heteroatoms. The minimum atomic E-state index is -0.457. The first-order valence-electron chi connectivity index (χ1n) is 11.1. The molecule has 3 aromatic carbocycles. The van der Waals surface area contributed by atoms with Crippen molar-refractivity contribution < 1.29 is 19.4 Å². The number of fused-ring (bicyclic) bond motifs is 4. The van der Waals surface area contributed by atoms with Crippen molar-refractivity contribution in [2.75, 3.05) is 27.2 Å². The first-order valence-corrected chi connectivity index (χ1v) is 11.1. The molecule has 0 aliphatic heterocycles. The van der Waals surface area contributed by atoms with Gasteiger partial charge in [0.25, 0.3) is 11.8 Å². The molecular formula is C25H27N5O4. The third-order valence-electron chi connectivity index (χ3n) is 5.77. The van der Waals surface area contributed by atoms with Gasteiger partial charge in [0.05, 0.1) is 29.2 Å². The van der Waals surface area contributed by atoms with Crippen LogP contribution in [0.4, 0.5) is 0 Å². The summed E-state index contributed by atoms with van der Waals surface area (Å²) >= 11 is 0. The number of ether oxygens (including phenoxy) is 1. The van der Waals surface area contributed by atoms with E-state index >= 15 is 0 Å². The van der Waals surface area contributed by atoms with Crippen molar-refractivity contribution in [2.24, 2.45) is 0 Å². The Morgan fingerprint density at radius 1 is 1.03 bits per heavy atom. The zero-order valence-electron chi connectivity index (χ0n) is 19.5. The molecule has 0 aliphatic rings. The number of rotatable bonds is 7. The molecule has 176 valence electrons. The van der Waals surface area contributed by atoms with E-state index in [1.807, 2.05) is 26.0 Å². The van der Waals surface area contributed by atoms with Crippen molar-refractivity contribution in [3.05, 3.63) is 47.5 Å². The Bertz CT molecular complexity index is 1420. The lowest BCUT2D eigenvalue weighted by Crippen LogP contribution is -2.37. The van der Waals surface area contributed by atoms with Crippen molar-refractivity contribution in [1.29, 1.82) is 0 Å². The number of carbonyl (C=O) groups excluding carboxylic acids is 2. The van der Waals surface area contributed by atoms with Crippen LogP contribution >= 0.6 is 0 Å². The molecule has 0 bridgehead atoms. The second-order valence-electron chi connectivity index (χ2n) is 7.99. The first kappa shape index (κ1) is 23.2. The summed E-state index contributed by atoms with van der Waals surface area (Å²) in [5.41, 5.74) is 1.99. The van der Waals surface area contributed by atoms with E-state index in [4.69, 9.17) is 14.7 Å². The summed E-state index contributed by atoms with van der Waals surface area (Å²) < 4.78 is 5.43.